The van der Waals surface area contributed by atoms with Crippen LogP contribution in [0.15, 0.2) is 29.1 Å². The van der Waals surface area contributed by atoms with Gasteiger partial charge < -0.3 is 15.0 Å². The zero-order valence-electron chi connectivity index (χ0n) is 15.1. The first-order chi connectivity index (χ1) is 13.1. The largest absolute Gasteiger partial charge is 0.378 e. The highest BCUT2D eigenvalue weighted by Crippen LogP contribution is 2.13. The molecule has 2 aromatic rings. The van der Waals surface area contributed by atoms with Gasteiger partial charge in [-0.2, -0.15) is 5.26 Å². The predicted molar refractivity (Wildman–Crippen MR) is 101 cm³/mol. The highest BCUT2D eigenvalue weighted by Gasteiger charge is 2.16. The number of carbonyl (C=O) groups is 1. The molecule has 0 saturated carbocycles. The maximum Gasteiger partial charge on any atom is 0.255 e. The van der Waals surface area contributed by atoms with Gasteiger partial charge in [-0.3, -0.25) is 14.6 Å². The lowest BCUT2D eigenvalue weighted by molar-refractivity contribution is -0.116. The van der Waals surface area contributed by atoms with Crippen LogP contribution in [0.25, 0.3) is 0 Å². The number of rotatable bonds is 5. The number of H-pyrrole nitrogens is 1. The molecule has 1 aromatic carbocycles. The molecule has 1 aliphatic rings. The number of nitriles is 1. The zero-order chi connectivity index (χ0) is 19.2. The maximum atomic E-state index is 12.4. The van der Waals surface area contributed by atoms with Crippen molar-refractivity contribution < 1.29 is 9.53 Å². The number of carbonyl (C=O) groups excluding carboxylic acids is 1. The molecule has 2 heterocycles. The van der Waals surface area contributed by atoms with Crippen molar-refractivity contribution in [1.82, 2.24) is 9.97 Å². The number of nitrogens with zero attached hydrogens (tertiary/aromatic N) is 3. The van der Waals surface area contributed by atoms with Crippen molar-refractivity contribution in [2.24, 2.45) is 0 Å². The number of aromatic amines is 1. The molecule has 140 valence electrons. The minimum atomic E-state index is -0.213. The number of hydrogen-bond acceptors (Lipinski definition) is 6. The van der Waals surface area contributed by atoms with E-state index in [2.05, 4.69) is 15.3 Å². The van der Waals surface area contributed by atoms with Gasteiger partial charge in [0.25, 0.3) is 5.56 Å². The van der Waals surface area contributed by atoms with E-state index in [0.29, 0.717) is 61.2 Å². The van der Waals surface area contributed by atoms with Crippen molar-refractivity contribution in [3.63, 3.8) is 0 Å². The molecular formula is C19H21N5O3. The first-order valence-corrected chi connectivity index (χ1v) is 8.79. The third-order valence-corrected chi connectivity index (χ3v) is 4.42. The fourth-order valence-electron chi connectivity index (χ4n) is 2.91. The van der Waals surface area contributed by atoms with Crippen molar-refractivity contribution in [2.45, 2.75) is 19.8 Å². The van der Waals surface area contributed by atoms with E-state index in [4.69, 9.17) is 10.00 Å². The quantitative estimate of drug-likeness (QED) is 0.825. The summed E-state index contributed by atoms with van der Waals surface area (Å²) < 4.78 is 5.31. The molecule has 3 rings (SSSR count). The molecule has 0 aliphatic carbocycles. The molecule has 0 radical (unpaired) electrons. The number of benzene rings is 1. The van der Waals surface area contributed by atoms with Crippen molar-refractivity contribution in [3.05, 3.63) is 51.4 Å². The van der Waals surface area contributed by atoms with E-state index in [1.807, 2.05) is 11.0 Å². The van der Waals surface area contributed by atoms with Gasteiger partial charge in [0, 0.05) is 36.5 Å². The summed E-state index contributed by atoms with van der Waals surface area (Å²) in [5.41, 5.74) is 2.08. The smallest absolute Gasteiger partial charge is 0.255 e. The third-order valence-electron chi connectivity index (χ3n) is 4.42. The van der Waals surface area contributed by atoms with E-state index in [-0.39, 0.29) is 17.9 Å². The van der Waals surface area contributed by atoms with E-state index in [9.17, 15) is 9.59 Å². The number of aryl methyl sites for hydroxylation is 1. The van der Waals surface area contributed by atoms with E-state index in [1.54, 1.807) is 31.2 Å². The number of aromatic nitrogens is 2. The first-order valence-electron chi connectivity index (χ1n) is 8.79. The van der Waals surface area contributed by atoms with Crippen LogP contribution in [0.1, 0.15) is 23.2 Å². The summed E-state index contributed by atoms with van der Waals surface area (Å²) in [6.45, 7) is 4.39. The average Bonchev–Trinajstić information content (AvgIpc) is 2.68. The molecule has 0 unspecified atom stereocenters. The molecule has 0 atom stereocenters. The van der Waals surface area contributed by atoms with Crippen LogP contribution >= 0.6 is 0 Å². The van der Waals surface area contributed by atoms with Gasteiger partial charge in [-0.05, 0) is 37.6 Å². The van der Waals surface area contributed by atoms with Gasteiger partial charge in [0.2, 0.25) is 11.9 Å². The lowest BCUT2D eigenvalue weighted by atomic mass is 10.1. The minimum Gasteiger partial charge on any atom is -0.378 e. The predicted octanol–water partition coefficient (Wildman–Crippen LogP) is 1.36. The molecule has 0 spiro atoms. The number of nitrogens with one attached hydrogen (secondary N) is 2. The number of hydrogen-bond donors (Lipinski definition) is 2. The molecule has 1 amide bonds. The van der Waals surface area contributed by atoms with Crippen LogP contribution < -0.4 is 15.8 Å². The van der Waals surface area contributed by atoms with Crippen LogP contribution in [0.3, 0.4) is 0 Å². The summed E-state index contributed by atoms with van der Waals surface area (Å²) in [5, 5.41) is 11.6. The number of ether oxygens (including phenoxy) is 1. The van der Waals surface area contributed by atoms with Crippen LogP contribution in [0.5, 0.6) is 0 Å². The number of anilines is 2. The number of morpholine rings is 1. The van der Waals surface area contributed by atoms with Crippen LogP contribution in [-0.2, 0) is 16.0 Å². The van der Waals surface area contributed by atoms with Gasteiger partial charge in [-0.25, -0.2) is 4.98 Å². The fourth-order valence-corrected chi connectivity index (χ4v) is 2.91. The van der Waals surface area contributed by atoms with Gasteiger partial charge >= 0.3 is 0 Å². The zero-order valence-corrected chi connectivity index (χ0v) is 15.1. The summed E-state index contributed by atoms with van der Waals surface area (Å²) in [6, 6.07) is 8.65. The SMILES string of the molecule is Cc1nc(N2CCOCC2)[nH]c(=O)c1CCC(=O)Nc1ccc(C#N)cc1. The lowest BCUT2D eigenvalue weighted by Gasteiger charge is -2.27. The van der Waals surface area contributed by atoms with Crippen molar-refractivity contribution in [1.29, 1.82) is 5.26 Å². The molecule has 2 N–H and O–H groups in total. The van der Waals surface area contributed by atoms with E-state index < -0.39 is 0 Å². The molecule has 0 bridgehead atoms. The normalized spacial score (nSPS) is 13.9. The summed E-state index contributed by atoms with van der Waals surface area (Å²) in [7, 11) is 0. The Kier molecular flexibility index (Phi) is 5.84. The van der Waals surface area contributed by atoms with Gasteiger partial charge in [-0.1, -0.05) is 0 Å². The van der Waals surface area contributed by atoms with E-state index >= 15 is 0 Å². The van der Waals surface area contributed by atoms with Crippen molar-refractivity contribution in [3.8, 4) is 6.07 Å². The standard InChI is InChI=1S/C19H21N5O3/c1-13-16(18(26)23-19(21-13)24-8-10-27-11-9-24)6-7-17(25)22-15-4-2-14(12-20)3-5-15/h2-5H,6-11H2,1H3,(H,22,25)(H,21,23,26). The Morgan fingerprint density at radius 1 is 1.33 bits per heavy atom. The van der Waals surface area contributed by atoms with E-state index in [1.165, 1.54) is 0 Å². The summed E-state index contributed by atoms with van der Waals surface area (Å²) in [6.07, 6.45) is 0.474. The first kappa shape index (κ1) is 18.6. The second kappa shape index (κ2) is 8.47. The Bertz CT molecular complexity index is 908. The Morgan fingerprint density at radius 2 is 2.04 bits per heavy atom. The molecule has 1 aromatic heterocycles. The molecule has 1 saturated heterocycles. The Balaban J connectivity index is 1.62. The maximum absolute atomic E-state index is 12.4. The van der Waals surface area contributed by atoms with Crippen LogP contribution in [-0.4, -0.2) is 42.2 Å². The molecule has 8 nitrogen and oxygen atoms in total. The Hall–Kier alpha value is -3.18. The topological polar surface area (TPSA) is 111 Å². The van der Waals surface area contributed by atoms with Crippen molar-refractivity contribution in [2.75, 3.05) is 36.5 Å². The van der Waals surface area contributed by atoms with Crippen LogP contribution in [0, 0.1) is 18.3 Å². The fraction of sp³-hybridized carbons (Fsp3) is 0.368. The third kappa shape index (κ3) is 4.71. The van der Waals surface area contributed by atoms with Gasteiger partial charge in [0.15, 0.2) is 0 Å². The summed E-state index contributed by atoms with van der Waals surface area (Å²) in [4.78, 5) is 33.9. The van der Waals surface area contributed by atoms with Crippen LogP contribution in [0.4, 0.5) is 11.6 Å². The van der Waals surface area contributed by atoms with Crippen LogP contribution in [0.2, 0.25) is 0 Å². The van der Waals surface area contributed by atoms with Gasteiger partial charge in [-0.15, -0.1) is 0 Å². The Morgan fingerprint density at radius 3 is 2.67 bits per heavy atom. The minimum absolute atomic E-state index is 0.169. The molecule has 1 aliphatic heterocycles. The highest BCUT2D eigenvalue weighted by atomic mass is 16.5. The second-order valence-corrected chi connectivity index (χ2v) is 6.29. The molecule has 27 heavy (non-hydrogen) atoms. The summed E-state index contributed by atoms with van der Waals surface area (Å²) >= 11 is 0. The highest BCUT2D eigenvalue weighted by molar-refractivity contribution is 5.90. The van der Waals surface area contributed by atoms with E-state index in [0.717, 1.165) is 0 Å². The molecule has 8 heteroatoms. The number of amides is 1. The molecular weight excluding hydrogens is 346 g/mol. The lowest BCUT2D eigenvalue weighted by Crippen LogP contribution is -2.38. The average molecular weight is 367 g/mol. The second-order valence-electron chi connectivity index (χ2n) is 6.29. The van der Waals surface area contributed by atoms with Gasteiger partial charge in [0.1, 0.15) is 0 Å². The van der Waals surface area contributed by atoms with Gasteiger partial charge in [0.05, 0.1) is 24.8 Å². The van der Waals surface area contributed by atoms with Crippen molar-refractivity contribution >= 4 is 17.5 Å². The Labute approximate surface area is 156 Å². The monoisotopic (exact) mass is 367 g/mol. The molecule has 1 fully saturated rings. The summed E-state index contributed by atoms with van der Waals surface area (Å²) in [5.74, 6) is 0.349.